The van der Waals surface area contributed by atoms with Crippen molar-refractivity contribution in [3.05, 3.63) is 188 Å². The predicted octanol–water partition coefficient (Wildman–Crippen LogP) is 11.3. The van der Waals surface area contributed by atoms with Gasteiger partial charge >= 0.3 is 0 Å². The van der Waals surface area contributed by atoms with Crippen molar-refractivity contribution in [1.29, 1.82) is 0 Å². The van der Waals surface area contributed by atoms with Crippen LogP contribution in [0.25, 0.3) is 95.1 Å². The zero-order chi connectivity index (χ0) is 36.3. The van der Waals surface area contributed by atoms with E-state index in [-0.39, 0.29) is 0 Å². The molecule has 0 aliphatic carbocycles. The molecule has 0 aliphatic rings. The first kappa shape index (κ1) is 30.9. The van der Waals surface area contributed by atoms with Gasteiger partial charge in [0.1, 0.15) is 0 Å². The quantitative estimate of drug-likeness (QED) is 0.173. The number of imidazole rings is 1. The molecule has 7 heteroatoms. The lowest BCUT2D eigenvalue weighted by Crippen LogP contribution is -2.05. The van der Waals surface area contributed by atoms with Gasteiger partial charge in [0.05, 0.1) is 22.1 Å². The fourth-order valence-corrected chi connectivity index (χ4v) is 7.87. The first-order valence-corrected chi connectivity index (χ1v) is 18.3. The van der Waals surface area contributed by atoms with Gasteiger partial charge in [-0.25, -0.2) is 19.9 Å². The summed E-state index contributed by atoms with van der Waals surface area (Å²) in [5.41, 5.74) is 9.44. The van der Waals surface area contributed by atoms with Crippen LogP contribution in [-0.4, -0.2) is 33.6 Å². The third-order valence-corrected chi connectivity index (χ3v) is 10.4. The van der Waals surface area contributed by atoms with Gasteiger partial charge in [-0.2, -0.15) is 0 Å². The van der Waals surface area contributed by atoms with Gasteiger partial charge in [-0.1, -0.05) is 115 Å². The van der Waals surface area contributed by atoms with Crippen LogP contribution in [0.5, 0.6) is 0 Å². The van der Waals surface area contributed by atoms with E-state index in [9.17, 15) is 0 Å². The molecule has 0 bridgehead atoms. The third-order valence-electron chi connectivity index (χ3n) is 10.4. The van der Waals surface area contributed by atoms with Crippen molar-refractivity contribution >= 4 is 43.6 Å². The van der Waals surface area contributed by atoms with Crippen LogP contribution in [0.4, 0.5) is 0 Å². The molecule has 11 aromatic rings. The second-order valence-corrected chi connectivity index (χ2v) is 13.6. The maximum Gasteiger partial charge on any atom is 0.219 e. The van der Waals surface area contributed by atoms with Gasteiger partial charge in [0.15, 0.2) is 17.5 Å². The van der Waals surface area contributed by atoms with Crippen LogP contribution in [0.3, 0.4) is 0 Å². The molecule has 11 rings (SSSR count). The molecule has 0 fully saturated rings. The fourth-order valence-electron chi connectivity index (χ4n) is 7.87. The van der Waals surface area contributed by atoms with E-state index in [1.54, 1.807) is 0 Å². The van der Waals surface area contributed by atoms with Crippen LogP contribution in [0.2, 0.25) is 0 Å². The summed E-state index contributed by atoms with van der Waals surface area (Å²) >= 11 is 0. The molecule has 258 valence electrons. The van der Waals surface area contributed by atoms with Gasteiger partial charge in [-0.3, -0.25) is 9.13 Å². The average Bonchev–Trinajstić information content (AvgIpc) is 3.96. The zero-order valence-electron chi connectivity index (χ0n) is 29.5. The van der Waals surface area contributed by atoms with Gasteiger partial charge in [-0.05, 0) is 60.7 Å². The number of hydrogen-bond acceptors (Lipinski definition) is 4. The average molecular weight is 706 g/mol. The van der Waals surface area contributed by atoms with E-state index in [1.165, 1.54) is 32.6 Å². The largest absolute Gasteiger partial charge is 0.309 e. The second-order valence-electron chi connectivity index (χ2n) is 13.6. The molecule has 7 nitrogen and oxygen atoms in total. The Morgan fingerprint density at radius 2 is 0.800 bits per heavy atom. The van der Waals surface area contributed by atoms with Crippen molar-refractivity contribution in [2.24, 2.45) is 0 Å². The smallest absolute Gasteiger partial charge is 0.219 e. The first-order chi connectivity index (χ1) is 27.3. The minimum atomic E-state index is 0.617. The summed E-state index contributed by atoms with van der Waals surface area (Å²) in [6, 6.07) is 61.0. The van der Waals surface area contributed by atoms with Crippen molar-refractivity contribution in [3.63, 3.8) is 0 Å². The lowest BCUT2D eigenvalue weighted by molar-refractivity contribution is 0.938. The molecule has 0 unspecified atom stereocenters. The van der Waals surface area contributed by atoms with Crippen molar-refractivity contribution in [1.82, 2.24) is 33.6 Å². The van der Waals surface area contributed by atoms with Gasteiger partial charge in [0, 0.05) is 62.0 Å². The fraction of sp³-hybridized carbons (Fsp3) is 0. The molecule has 0 aliphatic heterocycles. The number of para-hydroxylation sites is 3. The molecule has 0 N–H and O–H groups in total. The maximum atomic E-state index is 4.99. The Kier molecular flexibility index (Phi) is 7.03. The summed E-state index contributed by atoms with van der Waals surface area (Å²) in [5.74, 6) is 2.70. The highest BCUT2D eigenvalue weighted by atomic mass is 15.2. The Hall–Kier alpha value is -7.64. The maximum absolute atomic E-state index is 4.99. The van der Waals surface area contributed by atoms with Gasteiger partial charge in [0.25, 0.3) is 0 Å². The molecule has 4 heterocycles. The van der Waals surface area contributed by atoms with Crippen LogP contribution < -0.4 is 0 Å². The van der Waals surface area contributed by atoms with E-state index in [0.29, 0.717) is 17.5 Å². The monoisotopic (exact) mass is 705 g/mol. The Bertz CT molecular complexity index is 3120. The lowest BCUT2D eigenvalue weighted by Gasteiger charge is -2.12. The molecule has 55 heavy (non-hydrogen) atoms. The summed E-state index contributed by atoms with van der Waals surface area (Å²) in [5, 5.41) is 4.75. The standard InChI is InChI=1S/C48H31N7/c1-4-14-32(15-5-1)45-50-46(33-16-6-2-7-17-33)52-47(51-45)34-24-26-35(27-25-34)53-29-28-49-48(53)55-42-23-13-11-21-38(42)40-30-43-39(31-44(40)55)37-20-10-12-22-41(37)54(43)36-18-8-3-9-19-36/h1-31H. The highest BCUT2D eigenvalue weighted by Gasteiger charge is 2.21. The Morgan fingerprint density at radius 3 is 1.36 bits per heavy atom. The van der Waals surface area contributed by atoms with Crippen molar-refractivity contribution in [3.8, 4) is 51.5 Å². The topological polar surface area (TPSA) is 66.3 Å². The SMILES string of the molecule is c1ccc(-c2nc(-c3ccccc3)nc(-c3ccc(-n4ccnc4-n4c5ccccc5c5cc6c(cc54)c4ccccc4n6-c4ccccc4)cc3)n2)cc1. The third kappa shape index (κ3) is 5.05. The van der Waals surface area contributed by atoms with Crippen LogP contribution in [0.1, 0.15) is 0 Å². The van der Waals surface area contributed by atoms with Crippen molar-refractivity contribution in [2.45, 2.75) is 0 Å². The van der Waals surface area contributed by atoms with E-state index < -0.39 is 0 Å². The van der Waals surface area contributed by atoms with Gasteiger partial charge < -0.3 is 4.57 Å². The molecule has 4 aromatic heterocycles. The Balaban J connectivity index is 1.06. The summed E-state index contributed by atoms with van der Waals surface area (Å²) in [6.45, 7) is 0. The van der Waals surface area contributed by atoms with Crippen LogP contribution in [0, 0.1) is 0 Å². The number of benzene rings is 7. The minimum absolute atomic E-state index is 0.617. The minimum Gasteiger partial charge on any atom is -0.309 e. The van der Waals surface area contributed by atoms with Gasteiger partial charge in [0.2, 0.25) is 5.95 Å². The zero-order valence-corrected chi connectivity index (χ0v) is 29.5. The predicted molar refractivity (Wildman–Crippen MR) is 222 cm³/mol. The molecule has 0 amide bonds. The normalized spacial score (nSPS) is 11.6. The molecule has 0 atom stereocenters. The number of hydrogen-bond donors (Lipinski definition) is 0. The highest BCUT2D eigenvalue weighted by Crippen LogP contribution is 2.39. The number of nitrogens with zero attached hydrogens (tertiary/aromatic N) is 7. The molecule has 0 saturated carbocycles. The lowest BCUT2D eigenvalue weighted by atomic mass is 10.1. The van der Waals surface area contributed by atoms with E-state index in [2.05, 4.69) is 129 Å². The Morgan fingerprint density at radius 1 is 0.345 bits per heavy atom. The molecule has 7 aromatic carbocycles. The number of rotatable bonds is 6. The summed E-state index contributed by atoms with van der Waals surface area (Å²) in [7, 11) is 0. The Labute approximate surface area is 316 Å². The highest BCUT2D eigenvalue weighted by molar-refractivity contribution is 6.18. The number of aromatic nitrogens is 7. The molecule has 0 saturated heterocycles. The van der Waals surface area contributed by atoms with Crippen LogP contribution in [-0.2, 0) is 0 Å². The van der Waals surface area contributed by atoms with E-state index in [4.69, 9.17) is 19.9 Å². The molecular weight excluding hydrogens is 675 g/mol. The van der Waals surface area contributed by atoms with E-state index >= 15 is 0 Å². The molecule has 0 spiro atoms. The molecule has 0 radical (unpaired) electrons. The van der Waals surface area contributed by atoms with Crippen LogP contribution in [0.15, 0.2) is 188 Å². The van der Waals surface area contributed by atoms with E-state index in [0.717, 1.165) is 45.0 Å². The van der Waals surface area contributed by atoms with E-state index in [1.807, 2.05) is 73.1 Å². The summed E-state index contributed by atoms with van der Waals surface area (Å²) < 4.78 is 6.80. The van der Waals surface area contributed by atoms with Crippen molar-refractivity contribution < 1.29 is 0 Å². The summed E-state index contributed by atoms with van der Waals surface area (Å²) in [6.07, 6.45) is 3.89. The van der Waals surface area contributed by atoms with Crippen LogP contribution >= 0.6 is 0 Å². The molecular formula is C48H31N7. The van der Waals surface area contributed by atoms with Gasteiger partial charge in [-0.15, -0.1) is 0 Å². The first-order valence-electron chi connectivity index (χ1n) is 18.3. The summed E-state index contributed by atoms with van der Waals surface area (Å²) in [4.78, 5) is 19.7. The second kappa shape index (κ2) is 12.5. The van der Waals surface area contributed by atoms with Crippen molar-refractivity contribution in [2.75, 3.05) is 0 Å². The number of fused-ring (bicyclic) bond motifs is 6.